The third kappa shape index (κ3) is 5.63. The minimum atomic E-state index is 0.390. The number of nitrogens with one attached hydrogen (secondary N) is 2. The molecule has 1 aromatic heterocycles. The maximum Gasteiger partial charge on any atom is 0.190 e. The molecule has 0 saturated heterocycles. The molecular formula is C23H31N7. The van der Waals surface area contributed by atoms with Crippen LogP contribution < -0.4 is 16.4 Å². The number of aliphatic imine (C=N–C) groups is 1. The van der Waals surface area contributed by atoms with Crippen LogP contribution in [0.3, 0.4) is 0 Å². The smallest absolute Gasteiger partial charge is 0.190 e. The summed E-state index contributed by atoms with van der Waals surface area (Å²) in [5.41, 5.74) is 9.77. The van der Waals surface area contributed by atoms with Crippen molar-refractivity contribution in [2.75, 3.05) is 25.9 Å². The summed E-state index contributed by atoms with van der Waals surface area (Å²) in [5, 5.41) is 20.8. The van der Waals surface area contributed by atoms with Crippen molar-refractivity contribution in [2.45, 2.75) is 44.9 Å². The van der Waals surface area contributed by atoms with E-state index in [2.05, 4.69) is 32.9 Å². The Morgan fingerprint density at radius 3 is 2.70 bits per heavy atom. The summed E-state index contributed by atoms with van der Waals surface area (Å²) < 4.78 is 1.64. The molecule has 1 aromatic carbocycles. The van der Waals surface area contributed by atoms with Crippen molar-refractivity contribution >= 4 is 11.8 Å². The lowest BCUT2D eigenvalue weighted by atomic mass is 9.97. The fraction of sp³-hybridized carbons (Fsp3) is 0.435. The SMILES string of the molecule is CN=C(NCCCc1nn(-c2ccccc2)c(N)c1C#N)NCCC1=CCCCC1. The summed E-state index contributed by atoms with van der Waals surface area (Å²) in [6, 6.07) is 11.8. The molecule has 0 bridgehead atoms. The molecule has 0 fully saturated rings. The number of hydrogen-bond acceptors (Lipinski definition) is 4. The van der Waals surface area contributed by atoms with E-state index in [1.54, 1.807) is 17.3 Å². The van der Waals surface area contributed by atoms with Crippen molar-refractivity contribution < 1.29 is 0 Å². The summed E-state index contributed by atoms with van der Waals surface area (Å²) in [5.74, 6) is 1.20. The predicted octanol–water partition coefficient (Wildman–Crippen LogP) is 3.31. The van der Waals surface area contributed by atoms with Crippen LogP contribution in [0.1, 0.15) is 49.8 Å². The summed E-state index contributed by atoms with van der Waals surface area (Å²) in [6.45, 7) is 1.63. The Bertz CT molecular complexity index is 919. The van der Waals surface area contributed by atoms with Crippen LogP contribution >= 0.6 is 0 Å². The van der Waals surface area contributed by atoms with Crippen LogP contribution in [0.5, 0.6) is 0 Å². The third-order valence-corrected chi connectivity index (χ3v) is 5.34. The van der Waals surface area contributed by atoms with Gasteiger partial charge >= 0.3 is 0 Å². The van der Waals surface area contributed by atoms with Crippen LogP contribution in [0.2, 0.25) is 0 Å². The minimum absolute atomic E-state index is 0.390. The zero-order valence-corrected chi connectivity index (χ0v) is 17.7. The second kappa shape index (κ2) is 11.1. The van der Waals surface area contributed by atoms with E-state index in [1.165, 1.54) is 25.7 Å². The van der Waals surface area contributed by atoms with Crippen molar-refractivity contribution in [3.05, 3.63) is 53.2 Å². The van der Waals surface area contributed by atoms with Gasteiger partial charge in [0.2, 0.25) is 0 Å². The molecule has 3 rings (SSSR count). The average Bonchev–Trinajstić information content (AvgIpc) is 3.11. The van der Waals surface area contributed by atoms with E-state index >= 15 is 0 Å². The number of nitriles is 1. The Balaban J connectivity index is 1.47. The molecule has 7 heteroatoms. The van der Waals surface area contributed by atoms with Gasteiger partial charge in [0.1, 0.15) is 17.5 Å². The van der Waals surface area contributed by atoms with Crippen LogP contribution in [0.25, 0.3) is 5.69 Å². The molecule has 0 spiro atoms. The van der Waals surface area contributed by atoms with Gasteiger partial charge in [-0.15, -0.1) is 0 Å². The first-order valence-electron chi connectivity index (χ1n) is 10.7. The number of benzene rings is 1. The van der Waals surface area contributed by atoms with E-state index in [9.17, 15) is 5.26 Å². The van der Waals surface area contributed by atoms with E-state index in [-0.39, 0.29) is 0 Å². The molecule has 2 aromatic rings. The van der Waals surface area contributed by atoms with Gasteiger partial charge in [0, 0.05) is 20.1 Å². The topological polar surface area (TPSA) is 104 Å². The van der Waals surface area contributed by atoms with Crippen LogP contribution in [0.15, 0.2) is 47.0 Å². The molecule has 7 nitrogen and oxygen atoms in total. The van der Waals surface area contributed by atoms with Gasteiger partial charge in [-0.2, -0.15) is 10.4 Å². The highest BCUT2D eigenvalue weighted by Gasteiger charge is 2.16. The molecule has 0 unspecified atom stereocenters. The first-order chi connectivity index (χ1) is 14.7. The Kier molecular flexibility index (Phi) is 7.90. The van der Waals surface area contributed by atoms with Gasteiger partial charge in [0.25, 0.3) is 0 Å². The number of nitrogen functional groups attached to an aromatic ring is 1. The first-order valence-corrected chi connectivity index (χ1v) is 10.7. The molecule has 4 N–H and O–H groups in total. The minimum Gasteiger partial charge on any atom is -0.382 e. The Morgan fingerprint density at radius 1 is 1.20 bits per heavy atom. The molecule has 0 saturated carbocycles. The number of aryl methyl sites for hydroxylation is 1. The number of hydrogen-bond donors (Lipinski definition) is 3. The summed E-state index contributed by atoms with van der Waals surface area (Å²) in [6.07, 6.45) is 10.0. The maximum absolute atomic E-state index is 9.51. The van der Waals surface area contributed by atoms with Gasteiger partial charge in [-0.05, 0) is 57.1 Å². The number of aromatic nitrogens is 2. The standard InChI is InChI=1S/C23H31N7/c1-26-23(28-16-14-18-9-4-2-5-10-18)27-15-8-13-21-20(17-24)22(25)30(29-21)19-11-6-3-7-12-19/h3,6-7,9,11-12H,2,4-5,8,10,13-16,25H2,1H3,(H2,26,27,28). The number of nitrogens with zero attached hydrogens (tertiary/aromatic N) is 4. The molecule has 0 atom stereocenters. The van der Waals surface area contributed by atoms with Gasteiger partial charge in [-0.1, -0.05) is 29.8 Å². The monoisotopic (exact) mass is 405 g/mol. The van der Waals surface area contributed by atoms with Gasteiger partial charge in [-0.3, -0.25) is 4.99 Å². The van der Waals surface area contributed by atoms with E-state index in [0.29, 0.717) is 17.8 Å². The second-order valence-corrected chi connectivity index (χ2v) is 7.45. The summed E-state index contributed by atoms with van der Waals surface area (Å²) >= 11 is 0. The zero-order valence-electron chi connectivity index (χ0n) is 17.7. The maximum atomic E-state index is 9.51. The fourth-order valence-corrected chi connectivity index (χ4v) is 3.70. The molecular weight excluding hydrogens is 374 g/mol. The number of rotatable bonds is 8. The second-order valence-electron chi connectivity index (χ2n) is 7.45. The van der Waals surface area contributed by atoms with Crippen LogP contribution in [-0.4, -0.2) is 35.9 Å². The highest BCUT2D eigenvalue weighted by Crippen LogP contribution is 2.21. The lowest BCUT2D eigenvalue weighted by Gasteiger charge is -2.15. The molecule has 30 heavy (non-hydrogen) atoms. The number of anilines is 1. The molecule has 0 amide bonds. The Hall–Kier alpha value is -3.27. The molecule has 1 aliphatic carbocycles. The van der Waals surface area contributed by atoms with Crippen molar-refractivity contribution in [3.63, 3.8) is 0 Å². The van der Waals surface area contributed by atoms with Gasteiger partial charge in [0.15, 0.2) is 5.96 Å². The number of guanidine groups is 1. The van der Waals surface area contributed by atoms with Crippen molar-refractivity contribution in [3.8, 4) is 11.8 Å². The molecule has 0 radical (unpaired) electrons. The molecule has 0 aliphatic heterocycles. The lowest BCUT2D eigenvalue weighted by Crippen LogP contribution is -2.38. The summed E-state index contributed by atoms with van der Waals surface area (Å²) in [7, 11) is 1.78. The van der Waals surface area contributed by atoms with Crippen molar-refractivity contribution in [1.82, 2.24) is 20.4 Å². The number of nitrogens with two attached hydrogens (primary N) is 1. The quantitative estimate of drug-likeness (QED) is 0.270. The van der Waals surface area contributed by atoms with E-state index < -0.39 is 0 Å². The van der Waals surface area contributed by atoms with Gasteiger partial charge in [-0.25, -0.2) is 4.68 Å². The zero-order chi connectivity index (χ0) is 21.2. The lowest BCUT2D eigenvalue weighted by molar-refractivity contribution is 0.663. The molecule has 1 aliphatic rings. The Morgan fingerprint density at radius 2 is 2.00 bits per heavy atom. The summed E-state index contributed by atoms with van der Waals surface area (Å²) in [4.78, 5) is 4.29. The fourth-order valence-electron chi connectivity index (χ4n) is 3.70. The van der Waals surface area contributed by atoms with E-state index in [0.717, 1.165) is 43.3 Å². The van der Waals surface area contributed by atoms with Gasteiger partial charge < -0.3 is 16.4 Å². The van der Waals surface area contributed by atoms with Crippen LogP contribution in [0, 0.1) is 11.3 Å². The van der Waals surface area contributed by atoms with Crippen molar-refractivity contribution in [1.29, 1.82) is 5.26 Å². The molecule has 158 valence electrons. The van der Waals surface area contributed by atoms with Gasteiger partial charge in [0.05, 0.1) is 11.4 Å². The molecule has 1 heterocycles. The van der Waals surface area contributed by atoms with Crippen molar-refractivity contribution in [2.24, 2.45) is 4.99 Å². The van der Waals surface area contributed by atoms with E-state index in [4.69, 9.17) is 5.73 Å². The average molecular weight is 406 g/mol. The van der Waals surface area contributed by atoms with Crippen LogP contribution in [0.4, 0.5) is 5.82 Å². The number of allylic oxidation sites excluding steroid dienone is 1. The normalized spacial score (nSPS) is 14.1. The predicted molar refractivity (Wildman–Crippen MR) is 122 cm³/mol. The van der Waals surface area contributed by atoms with Crippen LogP contribution in [-0.2, 0) is 6.42 Å². The largest absolute Gasteiger partial charge is 0.382 e. The highest BCUT2D eigenvalue weighted by molar-refractivity contribution is 5.79. The first kappa shape index (κ1) is 21.4. The number of para-hydroxylation sites is 1. The van der Waals surface area contributed by atoms with E-state index in [1.807, 2.05) is 30.3 Å². The highest BCUT2D eigenvalue weighted by atomic mass is 15.3. The third-order valence-electron chi connectivity index (χ3n) is 5.34. The Labute approximate surface area is 178 Å².